The molecule has 0 saturated carbocycles. The maximum Gasteiger partial charge on any atom is 0.253 e. The van der Waals surface area contributed by atoms with E-state index in [1.54, 1.807) is 36.1 Å². The zero-order valence-corrected chi connectivity index (χ0v) is 14.9. The Bertz CT molecular complexity index is 564. The molecule has 1 fully saturated rings. The molecular formula is C19H28N2O3. The van der Waals surface area contributed by atoms with E-state index in [4.69, 9.17) is 0 Å². The average Bonchev–Trinajstić information content (AvgIpc) is 2.62. The van der Waals surface area contributed by atoms with Crippen molar-refractivity contribution in [1.82, 2.24) is 9.80 Å². The van der Waals surface area contributed by atoms with Crippen LogP contribution in [0.2, 0.25) is 0 Å². The summed E-state index contributed by atoms with van der Waals surface area (Å²) in [5, 5.41) is 9.76. The molecule has 1 saturated heterocycles. The minimum atomic E-state index is -0.394. The van der Waals surface area contributed by atoms with Gasteiger partial charge in [-0.2, -0.15) is 0 Å². The number of carbonyl (C=O) groups is 2. The number of carbonyl (C=O) groups excluding carboxylic acids is 2. The van der Waals surface area contributed by atoms with E-state index >= 15 is 0 Å². The van der Waals surface area contributed by atoms with E-state index in [1.807, 2.05) is 18.7 Å². The number of hydrogen-bond donors (Lipinski definition) is 1. The fourth-order valence-corrected chi connectivity index (χ4v) is 3.22. The van der Waals surface area contributed by atoms with Gasteiger partial charge in [-0.15, -0.1) is 0 Å². The molecule has 0 aromatic heterocycles. The van der Waals surface area contributed by atoms with Crippen LogP contribution in [0.1, 0.15) is 54.3 Å². The fraction of sp³-hybridized carbons (Fsp3) is 0.579. The quantitative estimate of drug-likeness (QED) is 0.901. The lowest BCUT2D eigenvalue weighted by Gasteiger charge is -2.34. The number of aliphatic hydroxyl groups is 1. The van der Waals surface area contributed by atoms with Crippen LogP contribution in [0.5, 0.6) is 0 Å². The number of amides is 2. The number of aliphatic hydroxyl groups excluding tert-OH is 1. The largest absolute Gasteiger partial charge is 0.393 e. The summed E-state index contributed by atoms with van der Waals surface area (Å²) in [5.41, 5.74) is 1.20. The molecule has 1 aromatic carbocycles. The molecule has 2 amide bonds. The van der Waals surface area contributed by atoms with Crippen LogP contribution in [0.25, 0.3) is 0 Å². The van der Waals surface area contributed by atoms with Crippen LogP contribution in [-0.2, 0) is 0 Å². The topological polar surface area (TPSA) is 60.9 Å². The Morgan fingerprint density at radius 2 is 1.79 bits per heavy atom. The van der Waals surface area contributed by atoms with Gasteiger partial charge in [0.25, 0.3) is 11.8 Å². The molecular weight excluding hydrogens is 304 g/mol. The third-order valence-corrected chi connectivity index (χ3v) is 4.86. The number of likely N-dealkylation sites (tertiary alicyclic amines) is 1. The van der Waals surface area contributed by atoms with Crippen LogP contribution < -0.4 is 0 Å². The maximum absolute atomic E-state index is 12.6. The van der Waals surface area contributed by atoms with Gasteiger partial charge in [0.05, 0.1) is 6.10 Å². The number of rotatable bonds is 5. The van der Waals surface area contributed by atoms with Gasteiger partial charge in [0, 0.05) is 43.2 Å². The first-order chi connectivity index (χ1) is 11.5. The first kappa shape index (κ1) is 18.5. The summed E-state index contributed by atoms with van der Waals surface area (Å²) >= 11 is 0. The monoisotopic (exact) mass is 332 g/mol. The summed E-state index contributed by atoms with van der Waals surface area (Å²) in [6, 6.07) is 6.91. The molecule has 2 atom stereocenters. The molecule has 1 N–H and O–H groups in total. The lowest BCUT2D eigenvalue weighted by Crippen LogP contribution is -2.42. The summed E-state index contributed by atoms with van der Waals surface area (Å²) in [4.78, 5) is 28.5. The van der Waals surface area contributed by atoms with Gasteiger partial charge in [0.1, 0.15) is 0 Å². The highest BCUT2D eigenvalue weighted by molar-refractivity contribution is 5.97. The lowest BCUT2D eigenvalue weighted by atomic mass is 9.93. The van der Waals surface area contributed by atoms with E-state index < -0.39 is 6.10 Å². The summed E-state index contributed by atoms with van der Waals surface area (Å²) in [6.45, 7) is 8.35. The van der Waals surface area contributed by atoms with E-state index in [0.29, 0.717) is 30.8 Å². The second-order valence-corrected chi connectivity index (χ2v) is 6.45. The molecule has 0 bridgehead atoms. The van der Waals surface area contributed by atoms with E-state index in [0.717, 1.165) is 19.4 Å². The Kier molecular flexibility index (Phi) is 6.37. The first-order valence-corrected chi connectivity index (χ1v) is 8.84. The van der Waals surface area contributed by atoms with Crippen molar-refractivity contribution in [3.05, 3.63) is 35.4 Å². The van der Waals surface area contributed by atoms with E-state index in [2.05, 4.69) is 0 Å². The minimum absolute atomic E-state index is 0.00820. The van der Waals surface area contributed by atoms with E-state index in [-0.39, 0.29) is 17.7 Å². The maximum atomic E-state index is 12.6. The number of benzene rings is 1. The molecule has 2 rings (SSSR count). The molecule has 1 aromatic rings. The van der Waals surface area contributed by atoms with Crippen molar-refractivity contribution in [3.63, 3.8) is 0 Å². The zero-order chi connectivity index (χ0) is 17.7. The van der Waals surface area contributed by atoms with Gasteiger partial charge in [0.15, 0.2) is 0 Å². The predicted octanol–water partition coefficient (Wildman–Crippen LogP) is 2.40. The Labute approximate surface area is 144 Å². The van der Waals surface area contributed by atoms with Crippen LogP contribution in [0.15, 0.2) is 24.3 Å². The Morgan fingerprint density at radius 1 is 1.21 bits per heavy atom. The molecule has 1 heterocycles. The van der Waals surface area contributed by atoms with Crippen molar-refractivity contribution in [2.75, 3.05) is 26.2 Å². The van der Waals surface area contributed by atoms with Crippen LogP contribution in [0.3, 0.4) is 0 Å². The Morgan fingerprint density at radius 3 is 2.33 bits per heavy atom. The molecule has 0 aliphatic carbocycles. The summed E-state index contributed by atoms with van der Waals surface area (Å²) in [7, 11) is 0. The van der Waals surface area contributed by atoms with Gasteiger partial charge in [-0.05, 0) is 57.9 Å². The molecule has 132 valence electrons. The lowest BCUT2D eigenvalue weighted by molar-refractivity contribution is 0.0465. The predicted molar refractivity (Wildman–Crippen MR) is 94.0 cm³/mol. The normalized spacial score (nSPS) is 19.0. The van der Waals surface area contributed by atoms with Gasteiger partial charge in [-0.1, -0.05) is 0 Å². The Hall–Kier alpha value is -1.88. The highest BCUT2D eigenvalue weighted by Crippen LogP contribution is 2.21. The molecule has 5 nitrogen and oxygen atoms in total. The third-order valence-electron chi connectivity index (χ3n) is 4.86. The molecule has 1 aliphatic heterocycles. The summed E-state index contributed by atoms with van der Waals surface area (Å²) < 4.78 is 0. The van der Waals surface area contributed by atoms with Crippen molar-refractivity contribution < 1.29 is 14.7 Å². The number of nitrogens with zero attached hydrogens (tertiary/aromatic N) is 2. The number of hydrogen-bond acceptors (Lipinski definition) is 3. The van der Waals surface area contributed by atoms with E-state index in [1.165, 1.54) is 0 Å². The van der Waals surface area contributed by atoms with Crippen molar-refractivity contribution >= 4 is 11.8 Å². The van der Waals surface area contributed by atoms with Crippen LogP contribution in [-0.4, -0.2) is 59.0 Å². The third kappa shape index (κ3) is 4.15. The van der Waals surface area contributed by atoms with Gasteiger partial charge in [0.2, 0.25) is 0 Å². The minimum Gasteiger partial charge on any atom is -0.393 e. The van der Waals surface area contributed by atoms with Crippen LogP contribution >= 0.6 is 0 Å². The zero-order valence-electron chi connectivity index (χ0n) is 14.9. The van der Waals surface area contributed by atoms with Crippen molar-refractivity contribution in [2.45, 2.75) is 39.7 Å². The number of piperidine rings is 1. The van der Waals surface area contributed by atoms with Gasteiger partial charge >= 0.3 is 0 Å². The molecule has 5 heteroatoms. The first-order valence-electron chi connectivity index (χ1n) is 8.84. The average molecular weight is 332 g/mol. The van der Waals surface area contributed by atoms with Crippen LogP contribution in [0, 0.1) is 5.92 Å². The summed E-state index contributed by atoms with van der Waals surface area (Å²) in [6.07, 6.45) is 1.48. The highest BCUT2D eigenvalue weighted by atomic mass is 16.3. The van der Waals surface area contributed by atoms with Crippen molar-refractivity contribution in [3.8, 4) is 0 Å². The van der Waals surface area contributed by atoms with Crippen molar-refractivity contribution in [1.29, 1.82) is 0 Å². The second kappa shape index (κ2) is 8.29. The molecule has 24 heavy (non-hydrogen) atoms. The van der Waals surface area contributed by atoms with Gasteiger partial charge in [-0.3, -0.25) is 9.59 Å². The standard InChI is InChI=1S/C19H28N2O3/c1-4-20(5-2)18(23)15-8-10-16(11-9-15)19(24)21-12-6-7-17(13-21)14(3)22/h8-11,14,17,22H,4-7,12-13H2,1-3H3. The summed E-state index contributed by atoms with van der Waals surface area (Å²) in [5.74, 6) is 0.111. The SMILES string of the molecule is CCN(CC)C(=O)c1ccc(C(=O)N2CCCC(C(C)O)C2)cc1. The fourth-order valence-electron chi connectivity index (χ4n) is 3.22. The van der Waals surface area contributed by atoms with Crippen LogP contribution in [0.4, 0.5) is 0 Å². The van der Waals surface area contributed by atoms with E-state index in [9.17, 15) is 14.7 Å². The molecule has 0 radical (unpaired) electrons. The molecule has 1 aliphatic rings. The van der Waals surface area contributed by atoms with Gasteiger partial charge in [-0.25, -0.2) is 0 Å². The Balaban J connectivity index is 2.07. The smallest absolute Gasteiger partial charge is 0.253 e. The second-order valence-electron chi connectivity index (χ2n) is 6.45. The highest BCUT2D eigenvalue weighted by Gasteiger charge is 2.27. The van der Waals surface area contributed by atoms with Gasteiger partial charge < -0.3 is 14.9 Å². The van der Waals surface area contributed by atoms with Crippen molar-refractivity contribution in [2.24, 2.45) is 5.92 Å². The molecule has 0 spiro atoms. The molecule has 2 unspecified atom stereocenters.